The first-order valence-corrected chi connectivity index (χ1v) is 5.43. The minimum atomic E-state index is -0.359. The first-order valence-electron chi connectivity index (χ1n) is 5.43. The van der Waals surface area contributed by atoms with Crippen molar-refractivity contribution in [2.24, 2.45) is 0 Å². The maximum absolute atomic E-state index is 10.1. The second-order valence-electron chi connectivity index (χ2n) is 2.88. The molecular weight excluding hydrogens is 268 g/mol. The summed E-state index contributed by atoms with van der Waals surface area (Å²) in [6, 6.07) is 20.0. The van der Waals surface area contributed by atoms with Gasteiger partial charge in [0, 0.05) is 23.1 Å². The molecule has 3 heteroatoms. The molecule has 0 aliphatic rings. The Kier molecular flexibility index (Phi) is 16.1. The molecule has 0 bridgehead atoms. The van der Waals surface area contributed by atoms with Crippen LogP contribution in [0.4, 0.5) is 0 Å². The van der Waals surface area contributed by atoms with Crippen molar-refractivity contribution in [3.05, 3.63) is 73.3 Å². The molecule has 0 heterocycles. The van der Waals surface area contributed by atoms with Crippen LogP contribution in [0, 0.1) is 0 Å². The predicted octanol–water partition coefficient (Wildman–Crippen LogP) is 3.54. The second-order valence-corrected chi connectivity index (χ2v) is 2.88. The van der Waals surface area contributed by atoms with Gasteiger partial charge in [-0.25, -0.2) is 16.9 Å². The van der Waals surface area contributed by atoms with E-state index >= 15 is 0 Å². The second kappa shape index (κ2) is 15.4. The molecule has 0 spiro atoms. The van der Waals surface area contributed by atoms with Gasteiger partial charge in [-0.05, 0) is 6.92 Å². The molecule has 0 radical (unpaired) electrons. The van der Waals surface area contributed by atoms with Crippen LogP contribution in [0.5, 0.6) is 0 Å². The van der Waals surface area contributed by atoms with E-state index in [0.717, 1.165) is 6.08 Å². The quantitative estimate of drug-likeness (QED) is 0.365. The third kappa shape index (κ3) is 14.4. The van der Waals surface area contributed by atoms with E-state index in [-0.39, 0.29) is 23.0 Å². The van der Waals surface area contributed by atoms with Gasteiger partial charge in [0.15, 0.2) is 0 Å². The molecule has 104 valence electrons. The number of esters is 1. The van der Waals surface area contributed by atoms with Crippen molar-refractivity contribution in [3.8, 4) is 0 Å². The summed E-state index contributed by atoms with van der Waals surface area (Å²) in [7, 11) is 0. The van der Waals surface area contributed by atoms with E-state index < -0.39 is 0 Å². The van der Waals surface area contributed by atoms with Crippen LogP contribution in [0.15, 0.2) is 73.3 Å². The number of carbonyl (C=O) groups excluding carboxylic acids is 1. The number of ether oxygens (including phenoxy) is 1. The Hall–Kier alpha value is -1.57. The van der Waals surface area contributed by atoms with Crippen molar-refractivity contribution in [2.45, 2.75) is 6.92 Å². The molecule has 2 rings (SSSR count). The summed E-state index contributed by atoms with van der Waals surface area (Å²) in [5.41, 5.74) is 0. The normalized spacial score (nSPS) is 7.39. The Morgan fingerprint density at radius 1 is 1.17 bits per heavy atom. The van der Waals surface area contributed by atoms with Gasteiger partial charge < -0.3 is 35.1 Å². The molecule has 2 aromatic rings. The van der Waals surface area contributed by atoms with E-state index in [1.165, 1.54) is 0 Å². The number of rotatable bonds is 2. The van der Waals surface area contributed by atoms with Crippen molar-refractivity contribution in [2.75, 3.05) is 6.61 Å². The zero-order valence-electron chi connectivity index (χ0n) is 10.4. The average molecular weight is 286 g/mol. The molecule has 0 amide bonds. The topological polar surface area (TPSA) is 26.3 Å². The van der Waals surface area contributed by atoms with Gasteiger partial charge in [-0.3, -0.25) is 0 Å². The van der Waals surface area contributed by atoms with E-state index in [9.17, 15) is 4.79 Å². The largest absolute Gasteiger partial charge is 0.748 e. The van der Waals surface area contributed by atoms with Crippen LogP contribution >= 0.6 is 0 Å². The maximum atomic E-state index is 10.1. The number of hydrogen-bond acceptors (Lipinski definition) is 2. The zero-order chi connectivity index (χ0) is 12.8. The Bertz CT molecular complexity index is 289. The van der Waals surface area contributed by atoms with Crippen LogP contribution in [0.2, 0.25) is 0 Å². The minimum Gasteiger partial charge on any atom is -0.748 e. The average Bonchev–Trinajstić information content (AvgIpc) is 3.07. The summed E-state index contributed by atoms with van der Waals surface area (Å²) in [5, 5.41) is 0. The standard InChI is InChI=1S/C5H8O2.2C5H5.Fe/c1-3-5(6)7-4-2;2*1-2-4-5-3-1;/h3H,1,4H2,2H3;2*1-5H;/q;-5;-1;. The van der Waals surface area contributed by atoms with E-state index in [2.05, 4.69) is 11.3 Å². The van der Waals surface area contributed by atoms with Gasteiger partial charge in [0.25, 0.3) is 0 Å². The molecule has 0 fully saturated rings. The van der Waals surface area contributed by atoms with Gasteiger partial charge in [-0.15, -0.1) is 0 Å². The fourth-order valence-electron chi connectivity index (χ4n) is 0.843. The van der Waals surface area contributed by atoms with E-state index in [1.54, 1.807) is 6.92 Å². The SMILES string of the molecule is C=CC(=O)OCC.[Fe].[cH-]1[cH-][cH-][cH-][cH-]1.c1cc[cH-]c1. The van der Waals surface area contributed by atoms with Crippen molar-refractivity contribution < 1.29 is 26.6 Å². The van der Waals surface area contributed by atoms with Gasteiger partial charge in [-0.1, -0.05) is 6.58 Å². The van der Waals surface area contributed by atoms with Gasteiger partial charge in [0.05, 0.1) is 6.61 Å². The smallest absolute Gasteiger partial charge is 0.330 e. The summed E-state index contributed by atoms with van der Waals surface area (Å²) < 4.78 is 4.43. The van der Waals surface area contributed by atoms with E-state index in [1.807, 2.05) is 60.7 Å². The Morgan fingerprint density at radius 2 is 1.61 bits per heavy atom. The monoisotopic (exact) mass is 286 g/mol. The zero-order valence-corrected chi connectivity index (χ0v) is 11.5. The molecule has 0 saturated heterocycles. The van der Waals surface area contributed by atoms with Gasteiger partial charge in [0.2, 0.25) is 0 Å². The Labute approximate surface area is 119 Å². The summed E-state index contributed by atoms with van der Waals surface area (Å²) in [4.78, 5) is 10.1. The van der Waals surface area contributed by atoms with Crippen LogP contribution in [-0.4, -0.2) is 12.6 Å². The van der Waals surface area contributed by atoms with Crippen LogP contribution < -0.4 is 0 Å². The van der Waals surface area contributed by atoms with Crippen LogP contribution in [0.25, 0.3) is 0 Å². The molecule has 0 saturated carbocycles. The summed E-state index contributed by atoms with van der Waals surface area (Å²) >= 11 is 0. The third-order valence-electron chi connectivity index (χ3n) is 1.56. The van der Waals surface area contributed by atoms with Crippen molar-refractivity contribution in [1.29, 1.82) is 0 Å². The maximum Gasteiger partial charge on any atom is 0.330 e. The van der Waals surface area contributed by atoms with E-state index in [0.29, 0.717) is 6.61 Å². The molecule has 0 aromatic heterocycles. The summed E-state index contributed by atoms with van der Waals surface area (Å²) in [6.07, 6.45) is 1.14. The molecule has 0 aliphatic heterocycles. The van der Waals surface area contributed by atoms with Crippen LogP contribution in [0.1, 0.15) is 6.92 Å². The first-order chi connectivity index (χ1) is 8.31. The molecule has 0 unspecified atom stereocenters. The van der Waals surface area contributed by atoms with Crippen molar-refractivity contribution >= 4 is 5.97 Å². The molecule has 2 nitrogen and oxygen atoms in total. The Morgan fingerprint density at radius 3 is 1.78 bits per heavy atom. The molecule has 0 N–H and O–H groups in total. The van der Waals surface area contributed by atoms with E-state index in [4.69, 9.17) is 0 Å². The van der Waals surface area contributed by atoms with Crippen molar-refractivity contribution in [1.82, 2.24) is 0 Å². The minimum absolute atomic E-state index is 0. The molecule has 18 heavy (non-hydrogen) atoms. The predicted molar refractivity (Wildman–Crippen MR) is 70.9 cm³/mol. The van der Waals surface area contributed by atoms with Gasteiger partial charge in [-0.2, -0.15) is 18.2 Å². The van der Waals surface area contributed by atoms with Crippen molar-refractivity contribution in [3.63, 3.8) is 0 Å². The molecule has 2 aromatic carbocycles. The summed E-state index contributed by atoms with van der Waals surface area (Å²) in [5.74, 6) is -0.359. The first kappa shape index (κ1) is 18.8. The van der Waals surface area contributed by atoms with Gasteiger partial charge >= 0.3 is 5.97 Å². The number of carbonyl (C=O) groups is 1. The van der Waals surface area contributed by atoms with Crippen LogP contribution in [-0.2, 0) is 26.6 Å². The molecule has 0 aliphatic carbocycles. The Balaban J connectivity index is 0. The summed E-state index contributed by atoms with van der Waals surface area (Å²) in [6.45, 7) is 5.38. The molecular formula is C15H18FeO2-6. The van der Waals surface area contributed by atoms with Gasteiger partial charge in [0.1, 0.15) is 0 Å². The third-order valence-corrected chi connectivity index (χ3v) is 1.56. The fraction of sp³-hybridized carbons (Fsp3) is 0.133. The van der Waals surface area contributed by atoms with Crippen LogP contribution in [0.3, 0.4) is 0 Å². The molecule has 0 atom stereocenters. The number of hydrogen-bond donors (Lipinski definition) is 0. The fourth-order valence-corrected chi connectivity index (χ4v) is 0.843.